The predicted molar refractivity (Wildman–Crippen MR) is 75.1 cm³/mol. The van der Waals surface area contributed by atoms with Gasteiger partial charge in [0.15, 0.2) is 0 Å². The van der Waals surface area contributed by atoms with Gasteiger partial charge in [0, 0.05) is 23.2 Å². The van der Waals surface area contributed by atoms with E-state index in [-0.39, 0.29) is 12.5 Å². The molecule has 0 aliphatic carbocycles. The summed E-state index contributed by atoms with van der Waals surface area (Å²) in [5, 5.41) is 11.6. The summed E-state index contributed by atoms with van der Waals surface area (Å²) in [5.74, 6) is 0.00324. The number of para-hydroxylation sites is 1. The summed E-state index contributed by atoms with van der Waals surface area (Å²) in [6, 6.07) is 9.70. The Morgan fingerprint density at radius 3 is 2.83 bits per heavy atom. The molecular weight excluding hydrogens is 294 g/mol. The molecule has 0 atom stereocenters. The number of carbonyl (C=O) groups excluding carboxylic acids is 1. The monoisotopic (exact) mass is 309 g/mol. The zero-order chi connectivity index (χ0) is 13.4. The summed E-state index contributed by atoms with van der Waals surface area (Å²) in [6.07, 6.45) is 0.370. The Morgan fingerprint density at radius 2 is 2.22 bits per heavy atom. The van der Waals surface area contributed by atoms with E-state index in [0.29, 0.717) is 19.5 Å². The van der Waals surface area contributed by atoms with Gasteiger partial charge in [0.2, 0.25) is 5.91 Å². The summed E-state index contributed by atoms with van der Waals surface area (Å²) in [6.45, 7) is 3.26. The molecule has 18 heavy (non-hydrogen) atoms. The van der Waals surface area contributed by atoms with E-state index in [4.69, 9.17) is 5.26 Å². The Bertz CT molecular complexity index is 442. The third-order valence-electron chi connectivity index (χ3n) is 2.53. The largest absolute Gasteiger partial charge is 0.375 e. The highest BCUT2D eigenvalue weighted by molar-refractivity contribution is 9.10. The van der Waals surface area contributed by atoms with Crippen LogP contribution in [0.2, 0.25) is 0 Å². The lowest BCUT2D eigenvalue weighted by Crippen LogP contribution is -2.36. The molecule has 1 aromatic rings. The Labute approximate surface area is 116 Å². The van der Waals surface area contributed by atoms with Crippen LogP contribution >= 0.6 is 15.9 Å². The lowest BCUT2D eigenvalue weighted by Gasteiger charge is -2.20. The summed E-state index contributed by atoms with van der Waals surface area (Å²) >= 11 is 3.41. The van der Waals surface area contributed by atoms with Crippen LogP contribution < -0.4 is 5.32 Å². The highest BCUT2D eigenvalue weighted by atomic mass is 79.9. The molecule has 0 aliphatic heterocycles. The van der Waals surface area contributed by atoms with Crippen LogP contribution in [-0.2, 0) is 4.79 Å². The van der Waals surface area contributed by atoms with E-state index in [1.165, 1.54) is 0 Å². The zero-order valence-electron chi connectivity index (χ0n) is 10.3. The van der Waals surface area contributed by atoms with Crippen LogP contribution in [0.25, 0.3) is 0 Å². The Hall–Kier alpha value is -1.54. The molecule has 5 heteroatoms. The third kappa shape index (κ3) is 4.38. The highest BCUT2D eigenvalue weighted by Gasteiger charge is 2.11. The molecule has 0 saturated carbocycles. The quantitative estimate of drug-likeness (QED) is 0.879. The van der Waals surface area contributed by atoms with E-state index in [0.717, 1.165) is 10.2 Å². The van der Waals surface area contributed by atoms with E-state index < -0.39 is 0 Å². The van der Waals surface area contributed by atoms with Gasteiger partial charge in [0.05, 0.1) is 19.0 Å². The molecule has 0 heterocycles. The van der Waals surface area contributed by atoms with Crippen molar-refractivity contribution >= 4 is 27.5 Å². The van der Waals surface area contributed by atoms with Crippen molar-refractivity contribution in [3.63, 3.8) is 0 Å². The first-order chi connectivity index (χ1) is 8.69. The molecule has 0 radical (unpaired) electrons. The summed E-state index contributed by atoms with van der Waals surface area (Å²) in [5.41, 5.74) is 0.891. The van der Waals surface area contributed by atoms with E-state index in [2.05, 4.69) is 21.2 Å². The molecule has 96 valence electrons. The fourth-order valence-corrected chi connectivity index (χ4v) is 1.96. The second kappa shape index (κ2) is 7.72. The van der Waals surface area contributed by atoms with Crippen molar-refractivity contribution in [3.05, 3.63) is 28.7 Å². The van der Waals surface area contributed by atoms with Crippen LogP contribution in [0.5, 0.6) is 0 Å². The van der Waals surface area contributed by atoms with Gasteiger partial charge in [-0.05, 0) is 35.0 Å². The van der Waals surface area contributed by atoms with Crippen LogP contribution in [-0.4, -0.2) is 30.4 Å². The molecule has 1 amide bonds. The summed E-state index contributed by atoms with van der Waals surface area (Å²) < 4.78 is 0.929. The van der Waals surface area contributed by atoms with E-state index in [1.54, 1.807) is 4.90 Å². The van der Waals surface area contributed by atoms with Crippen LogP contribution in [0.3, 0.4) is 0 Å². The summed E-state index contributed by atoms with van der Waals surface area (Å²) in [4.78, 5) is 13.6. The molecule has 0 bridgehead atoms. The standard InChI is InChI=1S/C13H16BrN3O/c1-2-17(9-5-8-15)13(18)10-16-12-7-4-3-6-11(12)14/h3-4,6-7,16H,2,5,9-10H2,1H3. The first kappa shape index (κ1) is 14.5. The van der Waals surface area contributed by atoms with Gasteiger partial charge in [-0.15, -0.1) is 0 Å². The van der Waals surface area contributed by atoms with Crippen molar-refractivity contribution in [2.24, 2.45) is 0 Å². The number of hydrogen-bond donors (Lipinski definition) is 1. The van der Waals surface area contributed by atoms with Crippen molar-refractivity contribution in [1.29, 1.82) is 5.26 Å². The number of anilines is 1. The van der Waals surface area contributed by atoms with Crippen LogP contribution in [0, 0.1) is 11.3 Å². The van der Waals surface area contributed by atoms with Crippen molar-refractivity contribution in [3.8, 4) is 6.07 Å². The first-order valence-electron chi connectivity index (χ1n) is 5.82. The third-order valence-corrected chi connectivity index (χ3v) is 3.22. The molecule has 1 aromatic carbocycles. The van der Waals surface area contributed by atoms with E-state index >= 15 is 0 Å². The van der Waals surface area contributed by atoms with Crippen molar-refractivity contribution in [2.45, 2.75) is 13.3 Å². The van der Waals surface area contributed by atoms with Crippen LogP contribution in [0.4, 0.5) is 5.69 Å². The second-order valence-electron chi connectivity index (χ2n) is 3.71. The van der Waals surface area contributed by atoms with Gasteiger partial charge in [-0.25, -0.2) is 0 Å². The molecule has 0 spiro atoms. The Morgan fingerprint density at radius 1 is 1.50 bits per heavy atom. The maximum absolute atomic E-state index is 11.9. The first-order valence-corrected chi connectivity index (χ1v) is 6.61. The second-order valence-corrected chi connectivity index (χ2v) is 4.57. The molecule has 4 nitrogen and oxygen atoms in total. The number of likely N-dealkylation sites (N-methyl/N-ethyl adjacent to an activating group) is 1. The number of amides is 1. The van der Waals surface area contributed by atoms with Gasteiger partial charge in [-0.2, -0.15) is 5.26 Å². The normalized spacial score (nSPS) is 9.61. The SMILES string of the molecule is CCN(CCC#N)C(=O)CNc1ccccc1Br. The Balaban J connectivity index is 2.50. The van der Waals surface area contributed by atoms with Gasteiger partial charge in [0.1, 0.15) is 0 Å². The minimum Gasteiger partial charge on any atom is -0.375 e. The number of carbonyl (C=O) groups is 1. The minimum absolute atomic E-state index is 0.00324. The molecule has 0 aliphatic rings. The van der Waals surface area contributed by atoms with Gasteiger partial charge in [-0.3, -0.25) is 4.79 Å². The average molecular weight is 310 g/mol. The van der Waals surface area contributed by atoms with E-state index in [9.17, 15) is 4.79 Å². The number of nitrogens with zero attached hydrogens (tertiary/aromatic N) is 2. The van der Waals surface area contributed by atoms with Crippen molar-refractivity contribution in [1.82, 2.24) is 4.90 Å². The number of benzene rings is 1. The van der Waals surface area contributed by atoms with Crippen LogP contribution in [0.15, 0.2) is 28.7 Å². The molecule has 1 rings (SSSR count). The molecule has 0 fully saturated rings. The number of nitriles is 1. The number of rotatable bonds is 6. The van der Waals surface area contributed by atoms with Crippen molar-refractivity contribution < 1.29 is 4.79 Å². The number of halogens is 1. The number of nitrogens with one attached hydrogen (secondary N) is 1. The van der Waals surface area contributed by atoms with Gasteiger partial charge in [-0.1, -0.05) is 12.1 Å². The average Bonchev–Trinajstić information content (AvgIpc) is 2.38. The predicted octanol–water partition coefficient (Wildman–Crippen LogP) is 2.62. The lowest BCUT2D eigenvalue weighted by molar-refractivity contribution is -0.129. The van der Waals surface area contributed by atoms with Gasteiger partial charge >= 0.3 is 0 Å². The zero-order valence-corrected chi connectivity index (χ0v) is 11.9. The molecule has 0 saturated heterocycles. The van der Waals surface area contributed by atoms with Gasteiger partial charge < -0.3 is 10.2 Å². The Kier molecular flexibility index (Phi) is 6.23. The van der Waals surface area contributed by atoms with Crippen LogP contribution in [0.1, 0.15) is 13.3 Å². The molecule has 0 aromatic heterocycles. The maximum Gasteiger partial charge on any atom is 0.241 e. The number of hydrogen-bond acceptors (Lipinski definition) is 3. The minimum atomic E-state index is 0.00324. The molecule has 0 unspecified atom stereocenters. The maximum atomic E-state index is 11.9. The highest BCUT2D eigenvalue weighted by Crippen LogP contribution is 2.20. The molecule has 1 N–H and O–H groups in total. The fourth-order valence-electron chi connectivity index (χ4n) is 1.53. The van der Waals surface area contributed by atoms with Gasteiger partial charge in [0.25, 0.3) is 0 Å². The van der Waals surface area contributed by atoms with Crippen molar-refractivity contribution in [2.75, 3.05) is 25.0 Å². The smallest absolute Gasteiger partial charge is 0.241 e. The topological polar surface area (TPSA) is 56.1 Å². The summed E-state index contributed by atoms with van der Waals surface area (Å²) in [7, 11) is 0. The molecular formula is C13H16BrN3O. The van der Waals surface area contributed by atoms with E-state index in [1.807, 2.05) is 37.3 Å². The lowest BCUT2D eigenvalue weighted by atomic mass is 10.3. The fraction of sp³-hybridized carbons (Fsp3) is 0.385.